The summed E-state index contributed by atoms with van der Waals surface area (Å²) in [6.07, 6.45) is 0.145. The van der Waals surface area contributed by atoms with E-state index in [9.17, 15) is 9.90 Å². The molecular weight excluding hydrogens is 200 g/mol. The summed E-state index contributed by atoms with van der Waals surface area (Å²) in [5.74, 6) is -0.248. The maximum Gasteiger partial charge on any atom is 0.305 e. The van der Waals surface area contributed by atoms with Crippen LogP contribution in [0.2, 0.25) is 0 Å². The standard InChI is InChI=1S/C10H14O3S/c1-2-13-10(12)4-3-9(11)8-5-6-14-7-8/h5-7,9,11H,2-4H2,1H3. The maximum absolute atomic E-state index is 11.0. The maximum atomic E-state index is 11.0. The normalized spacial score (nSPS) is 12.4. The predicted molar refractivity (Wildman–Crippen MR) is 55.1 cm³/mol. The molecule has 0 spiro atoms. The van der Waals surface area contributed by atoms with Gasteiger partial charge in [-0.25, -0.2) is 0 Å². The van der Waals surface area contributed by atoms with Crippen LogP contribution in [0.1, 0.15) is 31.4 Å². The van der Waals surface area contributed by atoms with Crippen molar-refractivity contribution < 1.29 is 14.6 Å². The fourth-order valence-electron chi connectivity index (χ4n) is 1.12. The fraction of sp³-hybridized carbons (Fsp3) is 0.500. The molecule has 3 nitrogen and oxygen atoms in total. The molecule has 1 aromatic rings. The summed E-state index contributed by atoms with van der Waals surface area (Å²) in [6, 6.07) is 1.86. The number of ether oxygens (including phenoxy) is 1. The van der Waals surface area contributed by atoms with Gasteiger partial charge in [0.1, 0.15) is 0 Å². The van der Waals surface area contributed by atoms with E-state index >= 15 is 0 Å². The van der Waals surface area contributed by atoms with Gasteiger partial charge in [0.15, 0.2) is 0 Å². The molecule has 1 unspecified atom stereocenters. The van der Waals surface area contributed by atoms with Gasteiger partial charge in [-0.15, -0.1) is 0 Å². The van der Waals surface area contributed by atoms with Crippen molar-refractivity contribution in [1.29, 1.82) is 0 Å². The average molecular weight is 214 g/mol. The molecule has 4 heteroatoms. The highest BCUT2D eigenvalue weighted by Gasteiger charge is 2.10. The van der Waals surface area contributed by atoms with Crippen LogP contribution in [0.25, 0.3) is 0 Å². The Hall–Kier alpha value is -0.870. The molecule has 1 atom stereocenters. The lowest BCUT2D eigenvalue weighted by Gasteiger charge is -2.07. The second kappa shape index (κ2) is 5.78. The number of hydrogen-bond donors (Lipinski definition) is 1. The van der Waals surface area contributed by atoms with Crippen LogP contribution in [-0.2, 0) is 9.53 Å². The fourth-order valence-corrected chi connectivity index (χ4v) is 1.83. The Kier molecular flexibility index (Phi) is 4.62. The second-order valence-corrected chi connectivity index (χ2v) is 3.70. The van der Waals surface area contributed by atoms with Gasteiger partial charge in [0.25, 0.3) is 0 Å². The van der Waals surface area contributed by atoms with Gasteiger partial charge in [-0.05, 0) is 35.7 Å². The molecule has 0 aliphatic heterocycles. The Morgan fingerprint density at radius 2 is 2.50 bits per heavy atom. The number of esters is 1. The summed E-state index contributed by atoms with van der Waals surface area (Å²) in [7, 11) is 0. The Labute approximate surface area is 87.3 Å². The van der Waals surface area contributed by atoms with E-state index in [1.165, 1.54) is 11.3 Å². The molecule has 0 saturated carbocycles. The van der Waals surface area contributed by atoms with Gasteiger partial charge in [-0.3, -0.25) is 4.79 Å². The zero-order chi connectivity index (χ0) is 10.4. The van der Waals surface area contributed by atoms with Crippen molar-refractivity contribution in [2.75, 3.05) is 6.61 Å². The van der Waals surface area contributed by atoms with Crippen LogP contribution in [0.4, 0.5) is 0 Å². The Morgan fingerprint density at radius 1 is 1.71 bits per heavy atom. The monoisotopic (exact) mass is 214 g/mol. The van der Waals surface area contributed by atoms with Crippen LogP contribution in [0, 0.1) is 0 Å². The van der Waals surface area contributed by atoms with E-state index in [0.717, 1.165) is 5.56 Å². The van der Waals surface area contributed by atoms with Gasteiger partial charge in [-0.1, -0.05) is 0 Å². The Bertz CT molecular complexity index is 269. The quantitative estimate of drug-likeness (QED) is 0.764. The van der Waals surface area contributed by atoms with Crippen LogP contribution in [0.3, 0.4) is 0 Å². The van der Waals surface area contributed by atoms with E-state index in [4.69, 9.17) is 4.74 Å². The van der Waals surface area contributed by atoms with E-state index in [0.29, 0.717) is 13.0 Å². The molecule has 0 radical (unpaired) electrons. The first-order valence-electron chi connectivity index (χ1n) is 4.59. The zero-order valence-corrected chi connectivity index (χ0v) is 8.92. The Morgan fingerprint density at radius 3 is 3.07 bits per heavy atom. The number of carbonyl (C=O) groups is 1. The first kappa shape index (κ1) is 11.2. The predicted octanol–water partition coefficient (Wildman–Crippen LogP) is 2.12. The third-order valence-electron chi connectivity index (χ3n) is 1.86. The van der Waals surface area contributed by atoms with Crippen molar-refractivity contribution in [3.05, 3.63) is 22.4 Å². The number of thiophene rings is 1. The molecule has 0 amide bonds. The molecule has 0 aliphatic carbocycles. The van der Waals surface area contributed by atoms with Crippen molar-refractivity contribution >= 4 is 17.3 Å². The lowest BCUT2D eigenvalue weighted by molar-refractivity contribution is -0.143. The van der Waals surface area contributed by atoms with Crippen LogP contribution < -0.4 is 0 Å². The third-order valence-corrected chi connectivity index (χ3v) is 2.56. The molecular formula is C10H14O3S. The van der Waals surface area contributed by atoms with Crippen LogP contribution >= 0.6 is 11.3 Å². The molecule has 0 fully saturated rings. The van der Waals surface area contributed by atoms with Gasteiger partial charge in [0, 0.05) is 6.42 Å². The van der Waals surface area contributed by atoms with E-state index < -0.39 is 6.10 Å². The molecule has 0 saturated heterocycles. The Balaban J connectivity index is 2.28. The third kappa shape index (κ3) is 3.47. The van der Waals surface area contributed by atoms with Crippen molar-refractivity contribution in [3.63, 3.8) is 0 Å². The number of hydrogen-bond acceptors (Lipinski definition) is 4. The molecule has 1 rings (SSSR count). The lowest BCUT2D eigenvalue weighted by Crippen LogP contribution is -2.06. The smallest absolute Gasteiger partial charge is 0.305 e. The van der Waals surface area contributed by atoms with Gasteiger partial charge in [-0.2, -0.15) is 11.3 Å². The van der Waals surface area contributed by atoms with Gasteiger partial charge < -0.3 is 9.84 Å². The molecule has 0 aliphatic rings. The van der Waals surface area contributed by atoms with Crippen molar-refractivity contribution in [1.82, 2.24) is 0 Å². The lowest BCUT2D eigenvalue weighted by atomic mass is 10.1. The van der Waals surface area contributed by atoms with Crippen molar-refractivity contribution in [2.45, 2.75) is 25.9 Å². The largest absolute Gasteiger partial charge is 0.466 e. The summed E-state index contributed by atoms with van der Waals surface area (Å²) in [5.41, 5.74) is 0.874. The summed E-state index contributed by atoms with van der Waals surface area (Å²) in [5, 5.41) is 13.4. The highest BCUT2D eigenvalue weighted by Crippen LogP contribution is 2.20. The van der Waals surface area contributed by atoms with Gasteiger partial charge in [0.05, 0.1) is 12.7 Å². The molecule has 0 bridgehead atoms. The van der Waals surface area contributed by atoms with E-state index in [2.05, 4.69) is 0 Å². The van der Waals surface area contributed by atoms with Gasteiger partial charge in [0.2, 0.25) is 0 Å². The van der Waals surface area contributed by atoms with E-state index in [1.54, 1.807) is 6.92 Å². The van der Waals surface area contributed by atoms with Crippen LogP contribution in [0.15, 0.2) is 16.8 Å². The number of aliphatic hydroxyl groups excluding tert-OH is 1. The van der Waals surface area contributed by atoms with Crippen LogP contribution in [0.5, 0.6) is 0 Å². The minimum Gasteiger partial charge on any atom is -0.466 e. The SMILES string of the molecule is CCOC(=O)CCC(O)c1ccsc1. The topological polar surface area (TPSA) is 46.5 Å². The zero-order valence-electron chi connectivity index (χ0n) is 8.10. The minimum absolute atomic E-state index is 0.248. The molecule has 78 valence electrons. The van der Waals surface area contributed by atoms with Gasteiger partial charge >= 0.3 is 5.97 Å². The number of carbonyl (C=O) groups excluding carboxylic acids is 1. The first-order valence-corrected chi connectivity index (χ1v) is 5.54. The highest BCUT2D eigenvalue weighted by molar-refractivity contribution is 7.07. The molecule has 1 N–H and O–H groups in total. The summed E-state index contributed by atoms with van der Waals surface area (Å²) >= 11 is 1.54. The average Bonchev–Trinajstić information content (AvgIpc) is 2.67. The molecule has 1 aromatic heterocycles. The van der Waals surface area contributed by atoms with E-state index in [-0.39, 0.29) is 12.4 Å². The molecule has 0 aromatic carbocycles. The summed E-state index contributed by atoms with van der Waals surface area (Å²) < 4.78 is 4.76. The van der Waals surface area contributed by atoms with Crippen molar-refractivity contribution in [2.24, 2.45) is 0 Å². The first-order chi connectivity index (χ1) is 6.74. The summed E-state index contributed by atoms with van der Waals surface area (Å²) in [6.45, 7) is 2.17. The molecule has 14 heavy (non-hydrogen) atoms. The second-order valence-electron chi connectivity index (χ2n) is 2.92. The van der Waals surface area contributed by atoms with Crippen LogP contribution in [-0.4, -0.2) is 17.7 Å². The molecule has 1 heterocycles. The van der Waals surface area contributed by atoms with Crippen molar-refractivity contribution in [3.8, 4) is 0 Å². The summed E-state index contributed by atoms with van der Waals surface area (Å²) in [4.78, 5) is 11.0. The number of rotatable bonds is 5. The van der Waals surface area contributed by atoms with E-state index in [1.807, 2.05) is 16.8 Å². The highest BCUT2D eigenvalue weighted by atomic mass is 32.1. The number of aliphatic hydroxyl groups is 1. The minimum atomic E-state index is -0.550.